The van der Waals surface area contributed by atoms with Gasteiger partial charge in [0.2, 0.25) is 0 Å². The van der Waals surface area contributed by atoms with E-state index in [2.05, 4.69) is 5.32 Å². The quantitative estimate of drug-likeness (QED) is 0.701. The Kier molecular flexibility index (Phi) is 3.25. The maximum atomic E-state index is 13.3. The summed E-state index contributed by atoms with van der Waals surface area (Å²) < 4.78 is 13.3. The van der Waals surface area contributed by atoms with E-state index in [4.69, 9.17) is 5.11 Å². The number of hydrogen-bond donors (Lipinski definition) is 2. The van der Waals surface area contributed by atoms with Gasteiger partial charge in [-0.2, -0.15) is 0 Å². The van der Waals surface area contributed by atoms with Crippen LogP contribution in [-0.2, 0) is 4.79 Å². The fraction of sp³-hybridized carbons (Fsp3) is 0.889. The molecule has 0 spiro atoms. The van der Waals surface area contributed by atoms with Gasteiger partial charge in [0, 0.05) is 12.0 Å². The Hall–Kier alpha value is -0.640. The first-order valence-corrected chi connectivity index (χ1v) is 4.63. The van der Waals surface area contributed by atoms with Gasteiger partial charge in [-0.25, -0.2) is 4.39 Å². The van der Waals surface area contributed by atoms with Crippen LogP contribution < -0.4 is 5.32 Å². The second kappa shape index (κ2) is 4.05. The van der Waals surface area contributed by atoms with Crippen LogP contribution in [0.25, 0.3) is 0 Å². The van der Waals surface area contributed by atoms with E-state index in [1.807, 2.05) is 0 Å². The van der Waals surface area contributed by atoms with Crippen molar-refractivity contribution in [3.05, 3.63) is 0 Å². The predicted octanol–water partition coefficient (Wildman–Crippen LogP) is 1.19. The first-order valence-electron chi connectivity index (χ1n) is 4.63. The number of rotatable bonds is 3. The Morgan fingerprint density at radius 3 is 2.85 bits per heavy atom. The molecule has 1 saturated heterocycles. The van der Waals surface area contributed by atoms with Crippen LogP contribution in [0.2, 0.25) is 0 Å². The second-order valence-corrected chi connectivity index (χ2v) is 3.83. The Morgan fingerprint density at radius 1 is 1.77 bits per heavy atom. The second-order valence-electron chi connectivity index (χ2n) is 3.83. The van der Waals surface area contributed by atoms with E-state index in [0.717, 1.165) is 13.0 Å². The minimum Gasteiger partial charge on any atom is -0.481 e. The first kappa shape index (κ1) is 10.4. The minimum absolute atomic E-state index is 0.0718. The molecule has 0 aromatic heterocycles. The van der Waals surface area contributed by atoms with Crippen LogP contribution in [0.1, 0.15) is 26.2 Å². The summed E-state index contributed by atoms with van der Waals surface area (Å²) in [6.45, 7) is 2.81. The smallest absolute Gasteiger partial charge is 0.304 e. The molecule has 4 heteroatoms. The lowest BCUT2D eigenvalue weighted by Gasteiger charge is -2.37. The largest absolute Gasteiger partial charge is 0.481 e. The maximum Gasteiger partial charge on any atom is 0.304 e. The zero-order valence-corrected chi connectivity index (χ0v) is 7.85. The van der Waals surface area contributed by atoms with Crippen molar-refractivity contribution in [3.63, 3.8) is 0 Å². The summed E-state index contributed by atoms with van der Waals surface area (Å²) in [6.07, 6.45) is 0.403. The molecule has 1 heterocycles. The van der Waals surface area contributed by atoms with E-state index in [1.165, 1.54) is 6.92 Å². The maximum absolute atomic E-state index is 13.3. The Labute approximate surface area is 77.3 Å². The van der Waals surface area contributed by atoms with E-state index >= 15 is 0 Å². The molecule has 1 aliphatic rings. The van der Waals surface area contributed by atoms with Gasteiger partial charge in [0.25, 0.3) is 0 Å². The van der Waals surface area contributed by atoms with Crippen molar-refractivity contribution < 1.29 is 14.3 Å². The van der Waals surface area contributed by atoms with Crippen LogP contribution in [0.4, 0.5) is 4.39 Å². The molecule has 2 atom stereocenters. The number of hydrogen-bond acceptors (Lipinski definition) is 2. The fourth-order valence-electron chi connectivity index (χ4n) is 1.92. The number of carbonyl (C=O) groups is 1. The third-order valence-corrected chi connectivity index (χ3v) is 2.85. The molecule has 2 N–H and O–H groups in total. The van der Waals surface area contributed by atoms with Gasteiger partial charge >= 0.3 is 5.97 Å². The molecule has 0 saturated carbocycles. The molecule has 1 rings (SSSR count). The van der Waals surface area contributed by atoms with Crippen molar-refractivity contribution in [2.24, 2.45) is 5.41 Å². The molecule has 0 aromatic carbocycles. The van der Waals surface area contributed by atoms with E-state index < -0.39 is 17.6 Å². The highest BCUT2D eigenvalue weighted by Crippen LogP contribution is 2.35. The molecule has 13 heavy (non-hydrogen) atoms. The van der Waals surface area contributed by atoms with E-state index in [0.29, 0.717) is 13.0 Å². The van der Waals surface area contributed by atoms with Crippen LogP contribution in [0.5, 0.6) is 0 Å². The molecular formula is C9H16FNO2. The average Bonchev–Trinajstić information content (AvgIpc) is 2.04. The van der Waals surface area contributed by atoms with E-state index in [9.17, 15) is 9.18 Å². The summed E-state index contributed by atoms with van der Waals surface area (Å²) in [7, 11) is 0. The Morgan fingerprint density at radius 2 is 2.46 bits per heavy atom. The van der Waals surface area contributed by atoms with E-state index in [-0.39, 0.29) is 6.42 Å². The number of carboxylic acid groups (broad SMARTS) is 1. The van der Waals surface area contributed by atoms with Crippen molar-refractivity contribution >= 4 is 5.97 Å². The molecule has 0 aromatic rings. The van der Waals surface area contributed by atoms with Crippen molar-refractivity contribution in [1.29, 1.82) is 0 Å². The number of alkyl halides is 1. The topological polar surface area (TPSA) is 49.3 Å². The molecule has 1 aliphatic heterocycles. The number of nitrogens with one attached hydrogen (secondary N) is 1. The van der Waals surface area contributed by atoms with Gasteiger partial charge in [-0.15, -0.1) is 0 Å². The van der Waals surface area contributed by atoms with Crippen molar-refractivity contribution in [2.75, 3.05) is 13.1 Å². The molecule has 0 amide bonds. The highest BCUT2D eigenvalue weighted by atomic mass is 19.1. The zero-order chi connectivity index (χ0) is 9.90. The van der Waals surface area contributed by atoms with Crippen LogP contribution in [-0.4, -0.2) is 30.3 Å². The summed E-state index contributed by atoms with van der Waals surface area (Å²) in [5.41, 5.74) is -0.677. The van der Waals surface area contributed by atoms with Gasteiger partial charge < -0.3 is 10.4 Å². The monoisotopic (exact) mass is 189 g/mol. The van der Waals surface area contributed by atoms with Gasteiger partial charge in [0.05, 0.1) is 6.42 Å². The molecule has 0 aliphatic carbocycles. The normalized spacial score (nSPS) is 31.2. The zero-order valence-electron chi connectivity index (χ0n) is 7.85. The van der Waals surface area contributed by atoms with Crippen LogP contribution >= 0.6 is 0 Å². The summed E-state index contributed by atoms with van der Waals surface area (Å²) in [5, 5.41) is 11.7. The number of carboxylic acids is 1. The van der Waals surface area contributed by atoms with Gasteiger partial charge in [0.1, 0.15) is 6.17 Å². The van der Waals surface area contributed by atoms with Crippen LogP contribution in [0, 0.1) is 5.41 Å². The molecule has 0 radical (unpaired) electrons. The highest BCUT2D eigenvalue weighted by molar-refractivity contribution is 5.67. The van der Waals surface area contributed by atoms with Gasteiger partial charge in [-0.1, -0.05) is 0 Å². The third kappa shape index (κ3) is 2.40. The lowest BCUT2D eigenvalue weighted by Crippen LogP contribution is -2.46. The molecule has 0 bridgehead atoms. The fourth-order valence-corrected chi connectivity index (χ4v) is 1.92. The van der Waals surface area contributed by atoms with Gasteiger partial charge in [0.15, 0.2) is 0 Å². The number of halogens is 1. The van der Waals surface area contributed by atoms with Crippen molar-refractivity contribution in [3.8, 4) is 0 Å². The molecular weight excluding hydrogens is 173 g/mol. The van der Waals surface area contributed by atoms with Gasteiger partial charge in [-0.05, 0) is 26.3 Å². The predicted molar refractivity (Wildman–Crippen MR) is 47.4 cm³/mol. The molecule has 2 unspecified atom stereocenters. The summed E-state index contributed by atoms with van der Waals surface area (Å²) in [5.74, 6) is -0.909. The Balaban J connectivity index is 2.67. The lowest BCUT2D eigenvalue weighted by molar-refractivity contribution is -0.141. The summed E-state index contributed by atoms with van der Waals surface area (Å²) >= 11 is 0. The average molecular weight is 189 g/mol. The molecule has 1 fully saturated rings. The highest BCUT2D eigenvalue weighted by Gasteiger charge is 2.39. The third-order valence-electron chi connectivity index (χ3n) is 2.85. The minimum atomic E-state index is -1.06. The summed E-state index contributed by atoms with van der Waals surface area (Å²) in [4.78, 5) is 10.6. The van der Waals surface area contributed by atoms with Gasteiger partial charge in [-0.3, -0.25) is 4.79 Å². The number of aliphatic carboxylic acids is 1. The van der Waals surface area contributed by atoms with Crippen molar-refractivity contribution in [1.82, 2.24) is 5.32 Å². The van der Waals surface area contributed by atoms with E-state index in [1.54, 1.807) is 0 Å². The molecule has 3 nitrogen and oxygen atoms in total. The first-order chi connectivity index (χ1) is 6.07. The van der Waals surface area contributed by atoms with Crippen LogP contribution in [0.3, 0.4) is 0 Å². The SMILES string of the molecule is CC(F)C1(CC(=O)O)CCCNC1. The van der Waals surface area contributed by atoms with Crippen LogP contribution in [0.15, 0.2) is 0 Å². The summed E-state index contributed by atoms with van der Waals surface area (Å²) in [6, 6.07) is 0. The van der Waals surface area contributed by atoms with Crippen molar-refractivity contribution in [2.45, 2.75) is 32.4 Å². The number of piperidine rings is 1. The standard InChI is InChI=1S/C9H16FNO2/c1-7(10)9(5-8(12)13)3-2-4-11-6-9/h7,11H,2-6H2,1H3,(H,12,13). The molecule has 76 valence electrons. The Bertz CT molecular complexity index is 188. The lowest BCUT2D eigenvalue weighted by atomic mass is 9.74.